The van der Waals surface area contributed by atoms with Gasteiger partial charge >= 0.3 is 0 Å². The minimum atomic E-state index is -0.548. The first-order chi connectivity index (χ1) is 10.0. The zero-order valence-corrected chi connectivity index (χ0v) is 11.5. The van der Waals surface area contributed by atoms with E-state index in [1.807, 2.05) is 0 Å². The van der Waals surface area contributed by atoms with Crippen molar-refractivity contribution in [2.45, 2.75) is 18.9 Å². The maximum absolute atomic E-state index is 12.2. The number of benzene rings is 1. The van der Waals surface area contributed by atoms with Crippen molar-refractivity contribution >= 4 is 23.2 Å². The summed E-state index contributed by atoms with van der Waals surface area (Å²) < 4.78 is 0. The Morgan fingerprint density at radius 1 is 1.52 bits per heavy atom. The van der Waals surface area contributed by atoms with Crippen molar-refractivity contribution in [2.24, 2.45) is 0 Å². The molecule has 1 aromatic rings. The van der Waals surface area contributed by atoms with Crippen LogP contribution in [0.3, 0.4) is 0 Å². The molecule has 0 aliphatic carbocycles. The summed E-state index contributed by atoms with van der Waals surface area (Å²) in [6.07, 6.45) is 1.13. The van der Waals surface area contributed by atoms with Gasteiger partial charge < -0.3 is 16.0 Å². The van der Waals surface area contributed by atoms with E-state index in [2.05, 4.69) is 16.0 Å². The van der Waals surface area contributed by atoms with E-state index < -0.39 is 10.8 Å². The van der Waals surface area contributed by atoms with E-state index in [-0.39, 0.29) is 23.2 Å². The molecular formula is C13H16N4O4. The number of nitro benzene ring substituents is 1. The van der Waals surface area contributed by atoms with Crippen molar-refractivity contribution in [3.05, 3.63) is 33.9 Å². The highest BCUT2D eigenvalue weighted by atomic mass is 16.6. The second-order valence-corrected chi connectivity index (χ2v) is 4.75. The van der Waals surface area contributed by atoms with Crippen LogP contribution >= 0.6 is 0 Å². The summed E-state index contributed by atoms with van der Waals surface area (Å²) in [6.45, 7) is 0.302. The first-order valence-electron chi connectivity index (χ1n) is 6.55. The molecule has 1 aromatic carbocycles. The van der Waals surface area contributed by atoms with Crippen molar-refractivity contribution < 1.29 is 14.5 Å². The standard InChI is InChI=1S/C13H16N4O4/c1-14-11-4-3-9(17(20)21)6-10(11)13(19)15-7-8-2-5-12(18)16-8/h3-4,6,8,14H,2,5,7H2,1H3,(H,15,19)(H,16,18). The fourth-order valence-electron chi connectivity index (χ4n) is 2.19. The second-order valence-electron chi connectivity index (χ2n) is 4.75. The number of hydrogen-bond acceptors (Lipinski definition) is 5. The van der Waals surface area contributed by atoms with E-state index in [1.54, 1.807) is 7.05 Å². The predicted molar refractivity (Wildman–Crippen MR) is 76.1 cm³/mol. The maximum Gasteiger partial charge on any atom is 0.270 e. The Morgan fingerprint density at radius 3 is 2.86 bits per heavy atom. The molecule has 8 nitrogen and oxygen atoms in total. The molecule has 0 spiro atoms. The number of carbonyl (C=O) groups is 2. The summed E-state index contributed by atoms with van der Waals surface area (Å²) in [5, 5.41) is 19.0. The number of nitrogens with zero attached hydrogens (tertiary/aromatic N) is 1. The normalized spacial score (nSPS) is 17.2. The van der Waals surface area contributed by atoms with Crippen molar-refractivity contribution in [1.29, 1.82) is 0 Å². The summed E-state index contributed by atoms with van der Waals surface area (Å²) in [4.78, 5) is 33.5. The van der Waals surface area contributed by atoms with E-state index in [4.69, 9.17) is 0 Å². The summed E-state index contributed by atoms with van der Waals surface area (Å²) in [6, 6.07) is 3.97. The summed E-state index contributed by atoms with van der Waals surface area (Å²) >= 11 is 0. The Morgan fingerprint density at radius 2 is 2.29 bits per heavy atom. The number of nitrogens with one attached hydrogen (secondary N) is 3. The van der Waals surface area contributed by atoms with Gasteiger partial charge in [-0.05, 0) is 12.5 Å². The average molecular weight is 292 g/mol. The highest BCUT2D eigenvalue weighted by Crippen LogP contribution is 2.21. The zero-order chi connectivity index (χ0) is 15.4. The number of nitro groups is 1. The smallest absolute Gasteiger partial charge is 0.270 e. The third-order valence-corrected chi connectivity index (χ3v) is 3.32. The number of anilines is 1. The molecule has 0 bridgehead atoms. The van der Waals surface area contributed by atoms with Gasteiger partial charge in [0.1, 0.15) is 0 Å². The molecule has 1 aliphatic heterocycles. The van der Waals surface area contributed by atoms with Gasteiger partial charge in [0.15, 0.2) is 0 Å². The molecule has 112 valence electrons. The summed E-state index contributed by atoms with van der Waals surface area (Å²) in [5.74, 6) is -0.440. The van der Waals surface area contributed by atoms with Gasteiger partial charge in [0.25, 0.3) is 11.6 Å². The molecule has 2 rings (SSSR count). The van der Waals surface area contributed by atoms with Crippen LogP contribution in [0.2, 0.25) is 0 Å². The van der Waals surface area contributed by atoms with E-state index in [0.717, 1.165) is 0 Å². The molecule has 8 heteroatoms. The molecule has 2 amide bonds. The molecule has 0 saturated carbocycles. The quantitative estimate of drug-likeness (QED) is 0.544. The van der Waals surface area contributed by atoms with Crippen LogP contribution in [0.15, 0.2) is 18.2 Å². The second kappa shape index (κ2) is 6.21. The minimum absolute atomic E-state index is 0.0273. The number of amides is 2. The molecule has 1 fully saturated rings. The van der Waals surface area contributed by atoms with Gasteiger partial charge in [-0.15, -0.1) is 0 Å². The van der Waals surface area contributed by atoms with Gasteiger partial charge in [0.2, 0.25) is 5.91 Å². The first kappa shape index (κ1) is 14.8. The SMILES string of the molecule is CNc1ccc([N+](=O)[O-])cc1C(=O)NCC1CCC(=O)N1. The van der Waals surface area contributed by atoms with Gasteiger partial charge in [-0.2, -0.15) is 0 Å². The fourth-order valence-corrected chi connectivity index (χ4v) is 2.19. The fraction of sp³-hybridized carbons (Fsp3) is 0.385. The highest BCUT2D eigenvalue weighted by Gasteiger charge is 2.22. The summed E-state index contributed by atoms with van der Waals surface area (Å²) in [7, 11) is 1.63. The van der Waals surface area contributed by atoms with Gasteiger partial charge in [-0.3, -0.25) is 19.7 Å². The summed E-state index contributed by atoms with van der Waals surface area (Å²) in [5.41, 5.74) is 0.568. The van der Waals surface area contributed by atoms with Crippen molar-refractivity contribution in [3.8, 4) is 0 Å². The van der Waals surface area contributed by atoms with Crippen LogP contribution in [0, 0.1) is 10.1 Å². The van der Waals surface area contributed by atoms with Gasteiger partial charge in [0, 0.05) is 43.9 Å². The molecule has 1 saturated heterocycles. The average Bonchev–Trinajstić information content (AvgIpc) is 2.89. The predicted octanol–water partition coefficient (Wildman–Crippen LogP) is 0.645. The maximum atomic E-state index is 12.2. The van der Waals surface area contributed by atoms with Crippen LogP contribution < -0.4 is 16.0 Å². The van der Waals surface area contributed by atoms with Gasteiger partial charge in [-0.25, -0.2) is 0 Å². The molecule has 3 N–H and O–H groups in total. The van der Waals surface area contributed by atoms with E-state index in [1.165, 1.54) is 18.2 Å². The lowest BCUT2D eigenvalue weighted by atomic mass is 10.1. The highest BCUT2D eigenvalue weighted by molar-refractivity contribution is 6.00. The number of hydrogen-bond donors (Lipinski definition) is 3. The van der Waals surface area contributed by atoms with E-state index in [9.17, 15) is 19.7 Å². The van der Waals surface area contributed by atoms with Crippen LogP contribution in [-0.2, 0) is 4.79 Å². The van der Waals surface area contributed by atoms with Crippen LogP contribution in [0.4, 0.5) is 11.4 Å². The van der Waals surface area contributed by atoms with Crippen molar-refractivity contribution in [2.75, 3.05) is 18.9 Å². The third kappa shape index (κ3) is 3.47. The van der Waals surface area contributed by atoms with Gasteiger partial charge in [0.05, 0.1) is 10.5 Å². The van der Waals surface area contributed by atoms with Crippen molar-refractivity contribution in [1.82, 2.24) is 10.6 Å². The molecule has 1 atom stereocenters. The van der Waals surface area contributed by atoms with E-state index in [0.29, 0.717) is 25.1 Å². The monoisotopic (exact) mass is 292 g/mol. The lowest BCUT2D eigenvalue weighted by Gasteiger charge is -2.13. The zero-order valence-electron chi connectivity index (χ0n) is 11.5. The van der Waals surface area contributed by atoms with Crippen LogP contribution in [0.1, 0.15) is 23.2 Å². The molecule has 1 aliphatic rings. The molecular weight excluding hydrogens is 276 g/mol. The third-order valence-electron chi connectivity index (χ3n) is 3.32. The molecule has 1 heterocycles. The number of carbonyl (C=O) groups excluding carboxylic acids is 2. The number of rotatable bonds is 5. The van der Waals surface area contributed by atoms with Crippen molar-refractivity contribution in [3.63, 3.8) is 0 Å². The molecule has 0 aromatic heterocycles. The minimum Gasteiger partial charge on any atom is -0.387 e. The molecule has 21 heavy (non-hydrogen) atoms. The van der Waals surface area contributed by atoms with Crippen LogP contribution in [-0.4, -0.2) is 36.4 Å². The first-order valence-corrected chi connectivity index (χ1v) is 6.55. The lowest BCUT2D eigenvalue weighted by molar-refractivity contribution is -0.384. The van der Waals surface area contributed by atoms with Gasteiger partial charge in [-0.1, -0.05) is 0 Å². The molecule has 1 unspecified atom stereocenters. The Kier molecular flexibility index (Phi) is 4.36. The topological polar surface area (TPSA) is 113 Å². The van der Waals surface area contributed by atoms with Crippen LogP contribution in [0.25, 0.3) is 0 Å². The number of non-ortho nitro benzene ring substituents is 1. The largest absolute Gasteiger partial charge is 0.387 e. The Hall–Kier alpha value is -2.64. The van der Waals surface area contributed by atoms with E-state index >= 15 is 0 Å². The van der Waals surface area contributed by atoms with Crippen LogP contribution in [0.5, 0.6) is 0 Å². The lowest BCUT2D eigenvalue weighted by Crippen LogP contribution is -2.38. The Labute approximate surface area is 121 Å². The Balaban J connectivity index is 2.08. The molecule has 0 radical (unpaired) electrons. The Bertz CT molecular complexity index is 588.